The highest BCUT2D eigenvalue weighted by Gasteiger charge is 2.30. The lowest BCUT2D eigenvalue weighted by Gasteiger charge is -2.33. The Morgan fingerprint density at radius 3 is 1.47 bits per heavy atom. The molecule has 252 valence electrons. The summed E-state index contributed by atoms with van der Waals surface area (Å²) in [5, 5.41) is 12.5. The van der Waals surface area contributed by atoms with Gasteiger partial charge in [-0.05, 0) is 98.1 Å². The van der Waals surface area contributed by atoms with Crippen molar-refractivity contribution in [3.63, 3.8) is 0 Å². The number of rotatable bonds is 5. The van der Waals surface area contributed by atoms with Crippen molar-refractivity contribution in [1.82, 2.24) is 9.80 Å². The predicted molar refractivity (Wildman–Crippen MR) is 178 cm³/mol. The average Bonchev–Trinajstić information content (AvgIpc) is 3.63. The summed E-state index contributed by atoms with van der Waals surface area (Å²) < 4.78 is 15.8. The van der Waals surface area contributed by atoms with Gasteiger partial charge in [-0.2, -0.15) is 0 Å². The number of carboxylic acid groups (broad SMARTS) is 1. The van der Waals surface area contributed by atoms with Crippen LogP contribution < -0.4 is 0 Å². The van der Waals surface area contributed by atoms with Gasteiger partial charge in [0.25, 0.3) is 0 Å². The minimum atomic E-state index is -0.885. The summed E-state index contributed by atoms with van der Waals surface area (Å²) >= 11 is 3.08. The van der Waals surface area contributed by atoms with Crippen molar-refractivity contribution < 1.29 is 38.5 Å². The first kappa shape index (κ1) is 38.1. The van der Waals surface area contributed by atoms with Crippen LogP contribution in [0.3, 0.4) is 0 Å². The van der Waals surface area contributed by atoms with Crippen LogP contribution in [0.15, 0.2) is 22.9 Å². The summed E-state index contributed by atoms with van der Waals surface area (Å²) in [5.74, 6) is -0.423. The number of thiophene rings is 2. The molecule has 0 aliphatic carbocycles. The Balaban J connectivity index is 0.000000308. The first-order chi connectivity index (χ1) is 20.6. The maximum atomic E-state index is 12.1. The molecule has 0 aromatic carbocycles. The molecule has 0 unspecified atom stereocenters. The van der Waals surface area contributed by atoms with E-state index in [1.807, 2.05) is 53.0 Å². The number of esters is 1. The Bertz CT molecular complexity index is 1270. The van der Waals surface area contributed by atoms with Crippen molar-refractivity contribution in [1.29, 1.82) is 0 Å². The second kappa shape index (κ2) is 16.4. The van der Waals surface area contributed by atoms with E-state index in [2.05, 4.69) is 0 Å². The number of carboxylic acids is 1. The molecule has 2 amide bonds. The molecule has 0 bridgehead atoms. The fourth-order valence-corrected chi connectivity index (χ4v) is 7.02. The van der Waals surface area contributed by atoms with Gasteiger partial charge in [-0.3, -0.25) is 0 Å². The zero-order valence-electron chi connectivity index (χ0n) is 26.8. The third kappa shape index (κ3) is 12.0. The Kier molecular flexibility index (Phi) is 13.9. The summed E-state index contributed by atoms with van der Waals surface area (Å²) in [5.41, 5.74) is 0.0416. The fraction of sp³-hybridized carbons (Fsp3) is 0.636. The maximum absolute atomic E-state index is 12.1. The van der Waals surface area contributed by atoms with Crippen LogP contribution in [-0.4, -0.2) is 83.0 Å². The van der Waals surface area contributed by atoms with Crippen LogP contribution in [0.2, 0.25) is 0 Å². The Morgan fingerprint density at radius 1 is 0.756 bits per heavy atom. The normalized spacial score (nSPS) is 16.2. The van der Waals surface area contributed by atoms with Crippen LogP contribution in [0.4, 0.5) is 9.59 Å². The smallest absolute Gasteiger partial charge is 0.410 e. The minimum absolute atomic E-state index is 0. The summed E-state index contributed by atoms with van der Waals surface area (Å²) in [6, 6.07) is 3.68. The maximum Gasteiger partial charge on any atom is 0.410 e. The molecule has 2 aliphatic rings. The number of hydrogen-bond donors (Lipinski definition) is 1. The second-order valence-electron chi connectivity index (χ2n) is 13.0. The highest BCUT2D eigenvalue weighted by Crippen LogP contribution is 2.34. The molecule has 45 heavy (non-hydrogen) atoms. The van der Waals surface area contributed by atoms with E-state index in [0.29, 0.717) is 55.7 Å². The molecular formula is C33H50N2O8S2. The molecule has 2 aromatic heterocycles. The van der Waals surface area contributed by atoms with E-state index in [1.165, 1.54) is 16.2 Å². The number of piperidine rings is 2. The van der Waals surface area contributed by atoms with Gasteiger partial charge in [0.1, 0.15) is 11.2 Å². The second-order valence-corrected chi connectivity index (χ2v) is 14.9. The van der Waals surface area contributed by atoms with Gasteiger partial charge in [-0.1, -0.05) is 7.43 Å². The Hall–Kier alpha value is -3.12. The SMILES string of the molecule is C.CC(C)(C)OC(=O)N1CCC(c2cc(C(=O)O)cs2)CC1.CCOC(=O)c1csc(C2CCN(C(=O)OC(C)(C)C)CC2)c1. The first-order valence-electron chi connectivity index (χ1n) is 15.1. The van der Waals surface area contributed by atoms with Crippen molar-refractivity contribution in [2.75, 3.05) is 32.8 Å². The van der Waals surface area contributed by atoms with Gasteiger partial charge in [0, 0.05) is 46.7 Å². The average molecular weight is 667 g/mol. The van der Waals surface area contributed by atoms with Gasteiger partial charge in [0.15, 0.2) is 0 Å². The highest BCUT2D eigenvalue weighted by atomic mass is 32.1. The van der Waals surface area contributed by atoms with Crippen molar-refractivity contribution in [2.45, 2.75) is 105 Å². The lowest BCUT2D eigenvalue weighted by molar-refractivity contribution is 0.0195. The molecule has 4 heterocycles. The first-order valence-corrected chi connectivity index (χ1v) is 16.8. The van der Waals surface area contributed by atoms with Gasteiger partial charge in [0.2, 0.25) is 0 Å². The van der Waals surface area contributed by atoms with Crippen molar-refractivity contribution >= 4 is 46.8 Å². The number of ether oxygens (including phenoxy) is 3. The van der Waals surface area contributed by atoms with Gasteiger partial charge in [0.05, 0.1) is 17.7 Å². The lowest BCUT2D eigenvalue weighted by Crippen LogP contribution is -2.41. The van der Waals surface area contributed by atoms with E-state index >= 15 is 0 Å². The molecule has 10 nitrogen and oxygen atoms in total. The lowest BCUT2D eigenvalue weighted by atomic mass is 9.95. The van der Waals surface area contributed by atoms with Crippen LogP contribution in [0.25, 0.3) is 0 Å². The van der Waals surface area contributed by atoms with Gasteiger partial charge in [-0.25, -0.2) is 19.2 Å². The molecular weight excluding hydrogens is 617 g/mol. The number of hydrogen-bond acceptors (Lipinski definition) is 9. The van der Waals surface area contributed by atoms with Gasteiger partial charge < -0.3 is 29.1 Å². The molecule has 2 fully saturated rings. The molecule has 2 aliphatic heterocycles. The predicted octanol–water partition coefficient (Wildman–Crippen LogP) is 8.24. The molecule has 2 aromatic rings. The number of aromatic carboxylic acids is 1. The molecule has 0 radical (unpaired) electrons. The Labute approximate surface area is 275 Å². The number of likely N-dealkylation sites (tertiary alicyclic amines) is 2. The quantitative estimate of drug-likeness (QED) is 0.250. The molecule has 0 saturated carbocycles. The van der Waals surface area contributed by atoms with E-state index in [9.17, 15) is 19.2 Å². The third-order valence-corrected chi connectivity index (χ3v) is 9.29. The Morgan fingerprint density at radius 2 is 1.13 bits per heavy atom. The van der Waals surface area contributed by atoms with Crippen LogP contribution in [0, 0.1) is 0 Å². The zero-order chi connectivity index (χ0) is 32.7. The van der Waals surface area contributed by atoms with Crippen LogP contribution >= 0.6 is 22.7 Å². The summed E-state index contributed by atoms with van der Waals surface area (Å²) in [4.78, 5) is 52.5. The molecule has 0 atom stereocenters. The number of carbonyl (C=O) groups is 4. The molecule has 2 saturated heterocycles. The largest absolute Gasteiger partial charge is 0.478 e. The number of carbonyl (C=O) groups excluding carboxylic acids is 3. The summed E-state index contributed by atoms with van der Waals surface area (Å²) in [7, 11) is 0. The minimum Gasteiger partial charge on any atom is -0.478 e. The monoisotopic (exact) mass is 666 g/mol. The summed E-state index contributed by atoms with van der Waals surface area (Å²) in [6.07, 6.45) is 2.97. The van der Waals surface area contributed by atoms with E-state index in [4.69, 9.17) is 19.3 Å². The van der Waals surface area contributed by atoms with Crippen LogP contribution in [0.1, 0.15) is 124 Å². The molecule has 1 N–H and O–H groups in total. The number of amides is 2. The van der Waals surface area contributed by atoms with E-state index in [1.54, 1.807) is 39.5 Å². The molecule has 12 heteroatoms. The van der Waals surface area contributed by atoms with E-state index in [0.717, 1.165) is 30.6 Å². The van der Waals surface area contributed by atoms with Crippen LogP contribution in [0.5, 0.6) is 0 Å². The summed E-state index contributed by atoms with van der Waals surface area (Å²) in [6.45, 7) is 16.1. The molecule has 0 spiro atoms. The van der Waals surface area contributed by atoms with E-state index in [-0.39, 0.29) is 25.6 Å². The van der Waals surface area contributed by atoms with Crippen molar-refractivity contribution in [3.05, 3.63) is 43.8 Å². The fourth-order valence-electron chi connectivity index (χ4n) is 4.91. The van der Waals surface area contributed by atoms with E-state index < -0.39 is 17.2 Å². The zero-order valence-corrected chi connectivity index (χ0v) is 28.5. The standard InChI is InChI=1S/C17H25NO4S.C15H21NO4S.CH4/c1-5-21-15(19)13-10-14(23-11-13)12-6-8-18(9-7-12)16(20)22-17(2,3)4;1-15(2,3)20-14(19)16-6-4-10(5-7-16)12-8-11(9-21-12)13(17)18;/h10-12H,5-9H2,1-4H3;8-10H,4-7H2,1-3H3,(H,17,18);1H4. The highest BCUT2D eigenvalue weighted by molar-refractivity contribution is 7.10. The van der Waals surface area contributed by atoms with Crippen LogP contribution in [-0.2, 0) is 14.2 Å². The third-order valence-electron chi connectivity index (χ3n) is 7.10. The van der Waals surface area contributed by atoms with Gasteiger partial charge in [-0.15, -0.1) is 22.7 Å². The molecule has 4 rings (SSSR count). The van der Waals surface area contributed by atoms with Crippen molar-refractivity contribution in [3.8, 4) is 0 Å². The van der Waals surface area contributed by atoms with Gasteiger partial charge >= 0.3 is 24.1 Å². The topological polar surface area (TPSA) is 123 Å². The van der Waals surface area contributed by atoms with Crippen molar-refractivity contribution in [2.24, 2.45) is 0 Å². The number of nitrogens with zero attached hydrogens (tertiary/aromatic N) is 2.